The maximum atomic E-state index is 11.1. The summed E-state index contributed by atoms with van der Waals surface area (Å²) in [5.41, 5.74) is 5.57. The minimum atomic E-state index is -0.699. The zero-order valence-electron chi connectivity index (χ0n) is 7.70. The van der Waals surface area contributed by atoms with Crippen molar-refractivity contribution in [2.75, 3.05) is 6.61 Å². The minimum absolute atomic E-state index is 0.289. The van der Waals surface area contributed by atoms with Crippen LogP contribution in [0.2, 0.25) is 0 Å². The van der Waals surface area contributed by atoms with Crippen LogP contribution in [0.3, 0.4) is 0 Å². The van der Waals surface area contributed by atoms with Gasteiger partial charge in [0.05, 0.1) is 6.61 Å². The number of rotatable bonds is 4. The number of nitrogens with two attached hydrogens (primary N) is 1. The summed E-state index contributed by atoms with van der Waals surface area (Å²) in [4.78, 5) is 11.1. The van der Waals surface area contributed by atoms with Gasteiger partial charge in [-0.25, -0.2) is 0 Å². The molecule has 5 nitrogen and oxygen atoms in total. The normalized spacial score (nSPS) is 12.5. The predicted octanol–water partition coefficient (Wildman–Crippen LogP) is 0.870. The summed E-state index contributed by atoms with van der Waals surface area (Å²) in [5, 5.41) is 3.61. The van der Waals surface area contributed by atoms with Crippen LogP contribution in [0.25, 0.3) is 0 Å². The third-order valence-corrected chi connectivity index (χ3v) is 1.91. The first-order valence-corrected chi connectivity index (χ1v) is 4.96. The van der Waals surface area contributed by atoms with Gasteiger partial charge in [-0.15, -0.1) is 0 Å². The van der Waals surface area contributed by atoms with Crippen molar-refractivity contribution >= 4 is 21.9 Å². The number of aromatic nitrogens is 1. The van der Waals surface area contributed by atoms with Crippen molar-refractivity contribution in [2.45, 2.75) is 19.4 Å². The Kier molecular flexibility index (Phi) is 4.09. The van der Waals surface area contributed by atoms with Crippen LogP contribution in [-0.2, 0) is 16.0 Å². The molecule has 1 aromatic rings. The van der Waals surface area contributed by atoms with Crippen LogP contribution >= 0.6 is 15.9 Å². The summed E-state index contributed by atoms with van der Waals surface area (Å²) < 4.78 is 10.2. The molecule has 0 saturated carbocycles. The SMILES string of the molecule is CCOC(=O)C(N)Cc1cc(Br)no1. The van der Waals surface area contributed by atoms with Crippen molar-refractivity contribution in [3.05, 3.63) is 16.4 Å². The van der Waals surface area contributed by atoms with Crippen molar-refractivity contribution in [1.82, 2.24) is 5.16 Å². The van der Waals surface area contributed by atoms with Gasteiger partial charge in [0.15, 0.2) is 0 Å². The number of halogens is 1. The Balaban J connectivity index is 2.48. The van der Waals surface area contributed by atoms with E-state index in [0.717, 1.165) is 0 Å². The van der Waals surface area contributed by atoms with Crippen molar-refractivity contribution in [3.63, 3.8) is 0 Å². The summed E-state index contributed by atoms with van der Waals surface area (Å²) in [6.07, 6.45) is 0.289. The van der Waals surface area contributed by atoms with Crippen molar-refractivity contribution < 1.29 is 14.1 Å². The monoisotopic (exact) mass is 262 g/mol. The van der Waals surface area contributed by atoms with E-state index in [2.05, 4.69) is 21.1 Å². The van der Waals surface area contributed by atoms with Gasteiger partial charge in [0.2, 0.25) is 0 Å². The van der Waals surface area contributed by atoms with Gasteiger partial charge in [0.25, 0.3) is 0 Å². The molecule has 0 aliphatic carbocycles. The molecule has 0 radical (unpaired) electrons. The average molecular weight is 263 g/mol. The third-order valence-electron chi connectivity index (χ3n) is 1.54. The van der Waals surface area contributed by atoms with E-state index in [0.29, 0.717) is 17.0 Å². The summed E-state index contributed by atoms with van der Waals surface area (Å²) in [7, 11) is 0. The highest BCUT2D eigenvalue weighted by Crippen LogP contribution is 2.11. The lowest BCUT2D eigenvalue weighted by Gasteiger charge is -2.07. The van der Waals surface area contributed by atoms with E-state index in [1.54, 1.807) is 13.0 Å². The fraction of sp³-hybridized carbons (Fsp3) is 0.500. The molecule has 14 heavy (non-hydrogen) atoms. The maximum absolute atomic E-state index is 11.1. The first kappa shape index (κ1) is 11.2. The number of esters is 1. The van der Waals surface area contributed by atoms with Gasteiger partial charge in [-0.2, -0.15) is 0 Å². The number of carbonyl (C=O) groups excluding carboxylic acids is 1. The molecule has 0 fully saturated rings. The summed E-state index contributed by atoms with van der Waals surface area (Å²) >= 11 is 3.13. The van der Waals surface area contributed by atoms with Crippen molar-refractivity contribution in [1.29, 1.82) is 0 Å². The van der Waals surface area contributed by atoms with E-state index in [1.807, 2.05) is 0 Å². The maximum Gasteiger partial charge on any atom is 0.323 e. The standard InChI is InChI=1S/C8H11BrN2O3/c1-2-13-8(12)6(10)3-5-4-7(9)11-14-5/h4,6H,2-3,10H2,1H3. The second-order valence-corrected chi connectivity index (χ2v) is 3.49. The lowest BCUT2D eigenvalue weighted by Crippen LogP contribution is -2.34. The van der Waals surface area contributed by atoms with E-state index < -0.39 is 12.0 Å². The van der Waals surface area contributed by atoms with Gasteiger partial charge in [-0.3, -0.25) is 4.79 Å². The zero-order chi connectivity index (χ0) is 10.6. The van der Waals surface area contributed by atoms with E-state index in [1.165, 1.54) is 0 Å². The average Bonchev–Trinajstić information content (AvgIpc) is 2.51. The Labute approximate surface area is 89.7 Å². The summed E-state index contributed by atoms with van der Waals surface area (Å²) in [6, 6.07) is 0.967. The van der Waals surface area contributed by atoms with Crippen LogP contribution < -0.4 is 5.73 Å². The molecule has 6 heteroatoms. The van der Waals surface area contributed by atoms with Crippen LogP contribution in [0.5, 0.6) is 0 Å². The van der Waals surface area contributed by atoms with Gasteiger partial charge in [-0.1, -0.05) is 5.16 Å². The molecule has 1 heterocycles. The zero-order valence-corrected chi connectivity index (χ0v) is 9.28. The molecule has 1 aromatic heterocycles. The van der Waals surface area contributed by atoms with Gasteiger partial charge >= 0.3 is 5.97 Å². The summed E-state index contributed by atoms with van der Waals surface area (Å²) in [6.45, 7) is 2.06. The molecule has 0 saturated heterocycles. The van der Waals surface area contributed by atoms with Gasteiger partial charge < -0.3 is 15.0 Å². The largest absolute Gasteiger partial charge is 0.465 e. The lowest BCUT2D eigenvalue weighted by atomic mass is 10.2. The molecule has 1 rings (SSSR count). The Morgan fingerprint density at radius 2 is 2.57 bits per heavy atom. The van der Waals surface area contributed by atoms with Gasteiger partial charge in [0.1, 0.15) is 16.4 Å². The van der Waals surface area contributed by atoms with Crippen LogP contribution in [-0.4, -0.2) is 23.8 Å². The Hall–Kier alpha value is -0.880. The van der Waals surface area contributed by atoms with Crippen LogP contribution in [0.1, 0.15) is 12.7 Å². The van der Waals surface area contributed by atoms with Gasteiger partial charge in [-0.05, 0) is 22.9 Å². The number of hydrogen-bond acceptors (Lipinski definition) is 5. The molecule has 2 N–H and O–H groups in total. The highest BCUT2D eigenvalue weighted by Gasteiger charge is 2.17. The van der Waals surface area contributed by atoms with Crippen molar-refractivity contribution in [2.24, 2.45) is 5.73 Å². The number of ether oxygens (including phenoxy) is 1. The molecule has 1 unspecified atom stereocenters. The predicted molar refractivity (Wildman–Crippen MR) is 52.5 cm³/mol. The molecule has 78 valence electrons. The molecular weight excluding hydrogens is 252 g/mol. The van der Waals surface area contributed by atoms with Crippen LogP contribution in [0.4, 0.5) is 0 Å². The van der Waals surface area contributed by atoms with E-state index in [4.69, 9.17) is 15.0 Å². The molecule has 0 spiro atoms. The molecule has 0 aliphatic heterocycles. The topological polar surface area (TPSA) is 78.4 Å². The first-order chi connectivity index (χ1) is 6.63. The summed E-state index contributed by atoms with van der Waals surface area (Å²) in [5.74, 6) is 0.123. The second-order valence-electron chi connectivity index (χ2n) is 2.68. The smallest absolute Gasteiger partial charge is 0.323 e. The molecule has 0 aromatic carbocycles. The number of carbonyl (C=O) groups is 1. The Morgan fingerprint density at radius 3 is 3.07 bits per heavy atom. The van der Waals surface area contributed by atoms with Crippen LogP contribution in [0, 0.1) is 0 Å². The fourth-order valence-electron chi connectivity index (χ4n) is 0.933. The molecule has 0 bridgehead atoms. The molecule has 0 amide bonds. The fourth-order valence-corrected chi connectivity index (χ4v) is 1.26. The minimum Gasteiger partial charge on any atom is -0.465 e. The highest BCUT2D eigenvalue weighted by molar-refractivity contribution is 9.10. The van der Waals surface area contributed by atoms with E-state index in [-0.39, 0.29) is 6.42 Å². The van der Waals surface area contributed by atoms with E-state index in [9.17, 15) is 4.79 Å². The highest BCUT2D eigenvalue weighted by atomic mass is 79.9. The first-order valence-electron chi connectivity index (χ1n) is 4.16. The Morgan fingerprint density at radius 1 is 1.86 bits per heavy atom. The third kappa shape index (κ3) is 3.12. The van der Waals surface area contributed by atoms with Crippen molar-refractivity contribution in [3.8, 4) is 0 Å². The number of nitrogens with zero attached hydrogens (tertiary/aromatic N) is 1. The van der Waals surface area contributed by atoms with E-state index >= 15 is 0 Å². The number of hydrogen-bond donors (Lipinski definition) is 1. The lowest BCUT2D eigenvalue weighted by molar-refractivity contribution is -0.144. The quantitative estimate of drug-likeness (QED) is 0.815. The van der Waals surface area contributed by atoms with Gasteiger partial charge in [0, 0.05) is 12.5 Å². The second kappa shape index (κ2) is 5.11. The Bertz CT molecular complexity index is 313. The molecular formula is C8H11BrN2O3. The molecule has 1 atom stereocenters. The molecule has 0 aliphatic rings. The van der Waals surface area contributed by atoms with Crippen LogP contribution in [0.15, 0.2) is 15.2 Å².